The van der Waals surface area contributed by atoms with Crippen LogP contribution in [-0.2, 0) is 19.4 Å². The minimum atomic E-state index is -0.154. The molecule has 0 spiro atoms. The van der Waals surface area contributed by atoms with Crippen LogP contribution in [0.4, 0.5) is 10.5 Å². The zero-order chi connectivity index (χ0) is 22.5. The number of rotatable bonds is 2. The highest BCUT2D eigenvalue weighted by molar-refractivity contribution is 7.15. The number of halogens is 1. The Labute approximate surface area is 206 Å². The Hall–Kier alpha value is -2.54. The lowest BCUT2D eigenvalue weighted by Crippen LogP contribution is -2.38. The lowest BCUT2D eigenvalue weighted by Gasteiger charge is -2.30. The maximum absolute atomic E-state index is 13.9. The number of hydrogen-bond donors (Lipinski definition) is 1. The van der Waals surface area contributed by atoms with Crippen LogP contribution in [0.1, 0.15) is 51.0 Å². The highest BCUT2D eigenvalue weighted by Crippen LogP contribution is 2.44. The quantitative estimate of drug-likeness (QED) is 0.307. The van der Waals surface area contributed by atoms with E-state index in [0.29, 0.717) is 11.6 Å². The monoisotopic (exact) mass is 493 g/mol. The zero-order valence-electron chi connectivity index (χ0n) is 18.3. The number of hydrogen-bond acceptors (Lipinski definition) is 3. The van der Waals surface area contributed by atoms with E-state index >= 15 is 0 Å². The van der Waals surface area contributed by atoms with Gasteiger partial charge in [0.05, 0.1) is 12.2 Å². The Kier molecular flexibility index (Phi) is 5.32. The van der Waals surface area contributed by atoms with Gasteiger partial charge < -0.3 is 14.8 Å². The SMILES string of the molecule is Cc1ccc(Cl)cc1NC(=O)N1Cc2c(sc3c2CCCC3)-n2cccc2[C@H]1c1cccs1. The van der Waals surface area contributed by atoms with Crippen molar-refractivity contribution in [3.63, 3.8) is 0 Å². The number of amides is 2. The van der Waals surface area contributed by atoms with Crippen molar-refractivity contribution in [1.82, 2.24) is 9.47 Å². The molecule has 1 atom stereocenters. The molecule has 0 saturated carbocycles. The Balaban J connectivity index is 1.49. The second kappa shape index (κ2) is 8.35. The van der Waals surface area contributed by atoms with Gasteiger partial charge in [0.15, 0.2) is 0 Å². The summed E-state index contributed by atoms with van der Waals surface area (Å²) in [7, 11) is 0. The highest BCUT2D eigenvalue weighted by Gasteiger charge is 2.36. The number of carbonyl (C=O) groups is 1. The summed E-state index contributed by atoms with van der Waals surface area (Å²) in [5.74, 6) is 0. The van der Waals surface area contributed by atoms with Gasteiger partial charge in [-0.05, 0) is 79.4 Å². The van der Waals surface area contributed by atoms with E-state index in [4.69, 9.17) is 11.6 Å². The Morgan fingerprint density at radius 1 is 1.12 bits per heavy atom. The topological polar surface area (TPSA) is 37.3 Å². The van der Waals surface area contributed by atoms with Crippen molar-refractivity contribution in [2.45, 2.75) is 45.2 Å². The minimum absolute atomic E-state index is 0.102. The van der Waals surface area contributed by atoms with E-state index in [-0.39, 0.29) is 12.1 Å². The van der Waals surface area contributed by atoms with E-state index in [9.17, 15) is 4.79 Å². The molecule has 2 aliphatic rings. The van der Waals surface area contributed by atoms with Crippen LogP contribution in [0.2, 0.25) is 5.02 Å². The van der Waals surface area contributed by atoms with Gasteiger partial charge in [-0.25, -0.2) is 4.79 Å². The molecule has 7 heteroatoms. The molecule has 0 saturated heterocycles. The molecule has 4 heterocycles. The molecule has 0 bridgehead atoms. The molecule has 1 aliphatic carbocycles. The lowest BCUT2D eigenvalue weighted by molar-refractivity contribution is 0.195. The van der Waals surface area contributed by atoms with Crippen molar-refractivity contribution in [3.8, 4) is 5.00 Å². The maximum Gasteiger partial charge on any atom is 0.323 e. The van der Waals surface area contributed by atoms with Crippen LogP contribution < -0.4 is 5.32 Å². The predicted molar refractivity (Wildman–Crippen MR) is 137 cm³/mol. The summed E-state index contributed by atoms with van der Waals surface area (Å²) in [6.45, 7) is 2.58. The van der Waals surface area contributed by atoms with E-state index in [1.165, 1.54) is 33.8 Å². The summed E-state index contributed by atoms with van der Waals surface area (Å²) >= 11 is 9.85. The molecular weight excluding hydrogens is 470 g/mol. The fourth-order valence-electron chi connectivity index (χ4n) is 5.05. The fraction of sp³-hybridized carbons (Fsp3) is 0.269. The highest BCUT2D eigenvalue weighted by atomic mass is 35.5. The number of fused-ring (bicyclic) bond motifs is 5. The van der Waals surface area contributed by atoms with Crippen LogP contribution in [0.25, 0.3) is 5.00 Å². The third-order valence-corrected chi connectivity index (χ3v) is 9.19. The molecule has 33 heavy (non-hydrogen) atoms. The molecule has 4 nitrogen and oxygen atoms in total. The molecule has 4 aromatic rings. The minimum Gasteiger partial charge on any atom is -0.310 e. The molecule has 1 aromatic carbocycles. The second-order valence-electron chi connectivity index (χ2n) is 8.73. The number of thiophene rings is 2. The summed E-state index contributed by atoms with van der Waals surface area (Å²) in [6, 6.07) is 13.8. The van der Waals surface area contributed by atoms with E-state index in [2.05, 4.69) is 45.7 Å². The molecule has 2 amide bonds. The third-order valence-electron chi connectivity index (χ3n) is 6.69. The van der Waals surface area contributed by atoms with Gasteiger partial charge in [0, 0.05) is 32.2 Å². The molecule has 1 N–H and O–H groups in total. The third kappa shape index (κ3) is 3.61. The van der Waals surface area contributed by atoms with Crippen LogP contribution in [0.5, 0.6) is 0 Å². The van der Waals surface area contributed by atoms with Gasteiger partial charge >= 0.3 is 6.03 Å². The molecule has 0 fully saturated rings. The summed E-state index contributed by atoms with van der Waals surface area (Å²) in [5.41, 5.74) is 5.65. The van der Waals surface area contributed by atoms with Crippen LogP contribution in [0.3, 0.4) is 0 Å². The lowest BCUT2D eigenvalue weighted by atomic mass is 9.95. The van der Waals surface area contributed by atoms with Gasteiger partial charge in [0.2, 0.25) is 0 Å². The molecule has 0 radical (unpaired) electrons. The first-order valence-corrected chi connectivity index (χ1v) is 13.4. The standard InChI is InChI=1S/C26H24ClN3OS2/c1-16-10-11-17(27)14-20(16)28-26(31)30-15-19-18-6-2-3-8-22(18)33-25(19)29-12-4-7-21(29)24(30)23-9-5-13-32-23/h4-5,7,9-14,24H,2-3,6,8,15H2,1H3,(H,28,31)/t24-/m0/s1. The summed E-state index contributed by atoms with van der Waals surface area (Å²) < 4.78 is 2.32. The van der Waals surface area contributed by atoms with Crippen molar-refractivity contribution in [3.05, 3.63) is 91.2 Å². The number of aryl methyl sites for hydroxylation is 2. The average Bonchev–Trinajstić information content (AvgIpc) is 3.55. The first kappa shape index (κ1) is 21.0. The van der Waals surface area contributed by atoms with Gasteiger partial charge in [-0.2, -0.15) is 0 Å². The van der Waals surface area contributed by atoms with Crippen molar-refractivity contribution in [1.29, 1.82) is 0 Å². The first-order chi connectivity index (χ1) is 16.1. The van der Waals surface area contributed by atoms with E-state index < -0.39 is 0 Å². The van der Waals surface area contributed by atoms with Gasteiger partial charge in [0.1, 0.15) is 11.0 Å². The Morgan fingerprint density at radius 2 is 2.00 bits per heavy atom. The van der Waals surface area contributed by atoms with Crippen molar-refractivity contribution >= 4 is 46.0 Å². The van der Waals surface area contributed by atoms with Crippen LogP contribution in [0, 0.1) is 6.92 Å². The predicted octanol–water partition coefficient (Wildman–Crippen LogP) is 7.58. The average molecular weight is 494 g/mol. The van der Waals surface area contributed by atoms with Crippen molar-refractivity contribution in [2.24, 2.45) is 0 Å². The van der Waals surface area contributed by atoms with Gasteiger partial charge in [-0.15, -0.1) is 22.7 Å². The Morgan fingerprint density at radius 3 is 2.85 bits per heavy atom. The van der Waals surface area contributed by atoms with Crippen LogP contribution in [0.15, 0.2) is 54.0 Å². The van der Waals surface area contributed by atoms with Crippen molar-refractivity contribution in [2.75, 3.05) is 5.32 Å². The molecule has 1 aliphatic heterocycles. The summed E-state index contributed by atoms with van der Waals surface area (Å²) in [5, 5.41) is 7.14. The van der Waals surface area contributed by atoms with Gasteiger partial charge in [0.25, 0.3) is 0 Å². The largest absolute Gasteiger partial charge is 0.323 e. The van der Waals surface area contributed by atoms with Crippen molar-refractivity contribution < 1.29 is 4.79 Å². The number of nitrogens with one attached hydrogen (secondary N) is 1. The number of nitrogens with zero attached hydrogens (tertiary/aromatic N) is 2. The number of aromatic nitrogens is 1. The molecular formula is C26H24ClN3OS2. The van der Waals surface area contributed by atoms with Gasteiger partial charge in [-0.1, -0.05) is 23.7 Å². The van der Waals surface area contributed by atoms with E-state index in [0.717, 1.165) is 34.7 Å². The maximum atomic E-state index is 13.9. The molecule has 3 aromatic heterocycles. The molecule has 0 unspecified atom stereocenters. The normalized spacial score (nSPS) is 17.2. The van der Waals surface area contributed by atoms with E-state index in [1.54, 1.807) is 11.3 Å². The first-order valence-electron chi connectivity index (χ1n) is 11.3. The number of benzene rings is 1. The number of urea groups is 1. The van der Waals surface area contributed by atoms with Crippen LogP contribution in [-0.4, -0.2) is 15.5 Å². The van der Waals surface area contributed by atoms with Crippen LogP contribution >= 0.6 is 34.3 Å². The molecule has 6 rings (SSSR count). The summed E-state index contributed by atoms with van der Waals surface area (Å²) in [4.78, 5) is 18.6. The summed E-state index contributed by atoms with van der Waals surface area (Å²) in [6.07, 6.45) is 6.87. The van der Waals surface area contributed by atoms with Gasteiger partial charge in [-0.3, -0.25) is 0 Å². The number of carbonyl (C=O) groups excluding carboxylic acids is 1. The fourth-order valence-corrected chi connectivity index (χ4v) is 7.47. The Bertz CT molecular complexity index is 1340. The second-order valence-corrected chi connectivity index (χ2v) is 11.2. The zero-order valence-corrected chi connectivity index (χ0v) is 20.7. The van der Waals surface area contributed by atoms with E-state index in [1.807, 2.05) is 41.4 Å². The number of anilines is 1. The smallest absolute Gasteiger partial charge is 0.310 e. The molecule has 168 valence electrons.